The van der Waals surface area contributed by atoms with E-state index in [-0.39, 0.29) is 20.7 Å². The molecule has 148 valence electrons. The first-order chi connectivity index (χ1) is 14.7. The number of para-hydroxylation sites is 2. The topological polar surface area (TPSA) is 32.6 Å². The molecule has 0 aliphatic rings. The number of halogens is 2. The van der Waals surface area contributed by atoms with E-state index in [9.17, 15) is 5.11 Å². The van der Waals surface area contributed by atoms with Crippen molar-refractivity contribution < 1.29 is 20.1 Å². The van der Waals surface area contributed by atoms with Crippen molar-refractivity contribution in [3.8, 4) is 16.9 Å². The van der Waals surface area contributed by atoms with Crippen molar-refractivity contribution >= 4 is 37.7 Å². The zero-order valence-electron chi connectivity index (χ0n) is 16.0. The molecule has 5 heteroatoms. The van der Waals surface area contributed by atoms with Gasteiger partial charge in [-0.3, -0.25) is 0 Å². The molecule has 0 amide bonds. The summed E-state index contributed by atoms with van der Waals surface area (Å²) in [5, 5.41) is 11.1. The van der Waals surface area contributed by atoms with Crippen LogP contribution in [0.4, 0.5) is 5.69 Å². The van der Waals surface area contributed by atoms with Crippen LogP contribution in [0.1, 0.15) is 11.1 Å². The van der Waals surface area contributed by atoms with E-state index in [1.54, 1.807) is 0 Å². The van der Waals surface area contributed by atoms with Crippen LogP contribution in [0.15, 0.2) is 114 Å². The Kier molecular flexibility index (Phi) is 9.10. The van der Waals surface area contributed by atoms with Gasteiger partial charge in [0, 0.05) is 16.7 Å². The quantitative estimate of drug-likeness (QED) is 0.201. The summed E-state index contributed by atoms with van der Waals surface area (Å²) in [7, 11) is 0. The van der Waals surface area contributed by atoms with Crippen LogP contribution < -0.4 is 0 Å². The molecule has 0 fully saturated rings. The van der Waals surface area contributed by atoms with E-state index in [1.807, 2.05) is 109 Å². The predicted octanol–water partition coefficient (Wildman–Crippen LogP) is 7.92. The molecule has 0 aliphatic heterocycles. The molecule has 30 heavy (non-hydrogen) atoms. The SMILES string of the molecule is Oc1c(C(=Nc2ccccc2)c2ccccc2)cccc1-c1ccccc1.[Br][Ti][Br]. The van der Waals surface area contributed by atoms with Gasteiger partial charge in [-0.05, 0) is 23.8 Å². The van der Waals surface area contributed by atoms with Crippen molar-refractivity contribution in [3.63, 3.8) is 0 Å². The first-order valence-electron chi connectivity index (χ1n) is 9.27. The van der Waals surface area contributed by atoms with Crippen molar-refractivity contribution in [3.05, 3.63) is 120 Å². The van der Waals surface area contributed by atoms with E-state index in [0.717, 1.165) is 28.1 Å². The fourth-order valence-electron chi connectivity index (χ4n) is 3.09. The maximum absolute atomic E-state index is 11.1. The molecular formula is C25H19Br2NOTi. The molecule has 0 unspecified atom stereocenters. The number of rotatable bonds is 4. The van der Waals surface area contributed by atoms with Crippen LogP contribution in [0, 0.1) is 0 Å². The summed E-state index contributed by atoms with van der Waals surface area (Å²) in [4.78, 5) is 4.85. The number of hydrogen-bond donors (Lipinski definition) is 1. The van der Waals surface area contributed by atoms with E-state index in [2.05, 4.69) is 26.3 Å². The van der Waals surface area contributed by atoms with Crippen LogP contribution in [0.2, 0.25) is 0 Å². The van der Waals surface area contributed by atoms with Gasteiger partial charge in [0.1, 0.15) is 5.75 Å². The molecule has 1 N–H and O–H groups in total. The first kappa shape index (κ1) is 22.7. The van der Waals surface area contributed by atoms with Gasteiger partial charge in [-0.15, -0.1) is 0 Å². The van der Waals surface area contributed by atoms with Crippen LogP contribution in [0.25, 0.3) is 11.1 Å². The average molecular weight is 557 g/mol. The molecule has 0 spiro atoms. The number of phenols is 1. The summed E-state index contributed by atoms with van der Waals surface area (Å²) in [5.74, 6) is 0.238. The number of nitrogens with zero attached hydrogens (tertiary/aromatic N) is 1. The fraction of sp³-hybridized carbons (Fsp3) is 0. The van der Waals surface area contributed by atoms with Gasteiger partial charge in [0.25, 0.3) is 0 Å². The van der Waals surface area contributed by atoms with Gasteiger partial charge in [0.05, 0.1) is 11.4 Å². The minimum atomic E-state index is 0.125. The molecule has 0 saturated carbocycles. The predicted molar refractivity (Wildman–Crippen MR) is 130 cm³/mol. The number of benzene rings is 4. The molecule has 4 aromatic carbocycles. The molecule has 0 saturated heterocycles. The van der Waals surface area contributed by atoms with Crippen LogP contribution in [-0.2, 0) is 15.0 Å². The number of hydrogen-bond acceptors (Lipinski definition) is 2. The van der Waals surface area contributed by atoms with E-state index in [4.69, 9.17) is 4.99 Å². The summed E-state index contributed by atoms with van der Waals surface area (Å²) < 4.78 is 0. The van der Waals surface area contributed by atoms with E-state index in [1.165, 1.54) is 0 Å². The second-order valence-corrected chi connectivity index (χ2v) is 14.2. The zero-order chi connectivity index (χ0) is 21.2. The Morgan fingerprint density at radius 2 is 1.20 bits per heavy atom. The van der Waals surface area contributed by atoms with Gasteiger partial charge in [0.2, 0.25) is 0 Å². The second kappa shape index (κ2) is 12.0. The molecule has 4 aromatic rings. The Hall–Kier alpha value is -1.98. The van der Waals surface area contributed by atoms with Crippen molar-refractivity contribution in [2.24, 2.45) is 4.99 Å². The molecular weight excluding hydrogens is 538 g/mol. The molecule has 0 aliphatic carbocycles. The summed E-state index contributed by atoms with van der Waals surface area (Å²) in [6, 6.07) is 35.5. The number of phenolic OH excluding ortho intramolecular Hbond substituents is 1. The third kappa shape index (κ3) is 6.02. The summed E-state index contributed by atoms with van der Waals surface area (Å²) in [5.41, 5.74) is 5.04. The second-order valence-electron chi connectivity index (χ2n) is 6.30. The fourth-order valence-corrected chi connectivity index (χ4v) is 3.09. The third-order valence-corrected chi connectivity index (χ3v) is 4.42. The van der Waals surface area contributed by atoms with E-state index < -0.39 is 0 Å². The Morgan fingerprint density at radius 3 is 1.80 bits per heavy atom. The van der Waals surface area contributed by atoms with Gasteiger partial charge in [-0.25, -0.2) is 4.99 Å². The van der Waals surface area contributed by atoms with Crippen LogP contribution >= 0.6 is 26.3 Å². The first-order valence-corrected chi connectivity index (χ1v) is 17.0. The molecule has 0 radical (unpaired) electrons. The van der Waals surface area contributed by atoms with E-state index >= 15 is 0 Å². The standard InChI is InChI=1S/C25H19NO.2BrH.Ti/c27-25-22(19-11-4-1-5-12-19)17-10-18-23(25)24(20-13-6-2-7-14-20)26-21-15-8-3-9-16-21;;;/h1-18,27H;2*1H;/q;;;+2/p-2. The van der Waals surface area contributed by atoms with Crippen molar-refractivity contribution in [1.29, 1.82) is 0 Å². The Bertz CT molecular complexity index is 1090. The molecule has 0 aromatic heterocycles. The Balaban J connectivity index is 0.000000806. The van der Waals surface area contributed by atoms with Crippen molar-refractivity contribution in [1.82, 2.24) is 0 Å². The van der Waals surface area contributed by atoms with Gasteiger partial charge < -0.3 is 5.11 Å². The van der Waals surface area contributed by atoms with Crippen LogP contribution in [0.5, 0.6) is 5.75 Å². The molecule has 2 nitrogen and oxygen atoms in total. The van der Waals surface area contributed by atoms with Gasteiger partial charge in [-0.1, -0.05) is 91.0 Å². The summed E-state index contributed by atoms with van der Waals surface area (Å²) in [6.07, 6.45) is 0. The molecule has 0 bridgehead atoms. The van der Waals surface area contributed by atoms with Crippen molar-refractivity contribution in [2.45, 2.75) is 0 Å². The zero-order valence-corrected chi connectivity index (χ0v) is 20.8. The number of aliphatic imine (C=N–C) groups is 1. The normalized spacial score (nSPS) is 10.7. The number of aromatic hydroxyl groups is 1. The maximum atomic E-state index is 11.1. The molecule has 4 rings (SSSR count). The van der Waals surface area contributed by atoms with Crippen LogP contribution in [-0.4, -0.2) is 10.8 Å². The van der Waals surface area contributed by atoms with Gasteiger partial charge in [-0.2, -0.15) is 0 Å². The minimum absolute atomic E-state index is 0.125. The molecule has 0 atom stereocenters. The van der Waals surface area contributed by atoms with Crippen molar-refractivity contribution in [2.75, 3.05) is 0 Å². The third-order valence-electron chi connectivity index (χ3n) is 4.42. The van der Waals surface area contributed by atoms with E-state index in [0.29, 0.717) is 5.56 Å². The monoisotopic (exact) mass is 555 g/mol. The van der Waals surface area contributed by atoms with Crippen LogP contribution in [0.3, 0.4) is 0 Å². The van der Waals surface area contributed by atoms with Gasteiger partial charge >= 0.3 is 41.3 Å². The summed E-state index contributed by atoms with van der Waals surface area (Å²) in [6.45, 7) is 0. The summed E-state index contributed by atoms with van der Waals surface area (Å²) >= 11 is 6.50. The Morgan fingerprint density at radius 1 is 0.667 bits per heavy atom. The molecule has 0 heterocycles. The Labute approximate surface area is 198 Å². The van der Waals surface area contributed by atoms with Gasteiger partial charge in [0.15, 0.2) is 0 Å². The average Bonchev–Trinajstić information content (AvgIpc) is 2.80.